The molecule has 9 nitrogen and oxygen atoms in total. The third kappa shape index (κ3) is 4.84. The van der Waals surface area contributed by atoms with E-state index >= 15 is 0 Å². The van der Waals surface area contributed by atoms with Crippen LogP contribution in [0.5, 0.6) is 0 Å². The van der Waals surface area contributed by atoms with E-state index in [0.717, 1.165) is 17.7 Å². The van der Waals surface area contributed by atoms with Crippen molar-refractivity contribution in [2.24, 2.45) is 0 Å². The van der Waals surface area contributed by atoms with Crippen molar-refractivity contribution in [1.29, 1.82) is 0 Å². The van der Waals surface area contributed by atoms with Crippen molar-refractivity contribution in [2.45, 2.75) is 20.0 Å². The van der Waals surface area contributed by atoms with Gasteiger partial charge in [0, 0.05) is 31.3 Å². The molecule has 3 heterocycles. The third-order valence-electron chi connectivity index (χ3n) is 4.68. The lowest BCUT2D eigenvalue weighted by Crippen LogP contribution is -2.14. The van der Waals surface area contributed by atoms with Crippen LogP contribution in [-0.4, -0.2) is 45.5 Å². The van der Waals surface area contributed by atoms with Gasteiger partial charge in [0.05, 0.1) is 6.54 Å². The summed E-state index contributed by atoms with van der Waals surface area (Å²) in [6, 6.07) is 12.8. The van der Waals surface area contributed by atoms with Crippen molar-refractivity contribution in [3.63, 3.8) is 0 Å². The third-order valence-corrected chi connectivity index (χ3v) is 4.68. The molecule has 4 rings (SSSR count). The first-order valence-electron chi connectivity index (χ1n) is 10.0. The Morgan fingerprint density at radius 3 is 2.75 bits per heavy atom. The molecule has 164 valence electrons. The van der Waals surface area contributed by atoms with Gasteiger partial charge in [-0.05, 0) is 37.9 Å². The summed E-state index contributed by atoms with van der Waals surface area (Å²) in [4.78, 5) is 30.4. The zero-order chi connectivity index (χ0) is 22.7. The minimum atomic E-state index is -0.422. The fourth-order valence-electron chi connectivity index (χ4n) is 3.29. The van der Waals surface area contributed by atoms with Crippen LogP contribution in [0.1, 0.15) is 39.3 Å². The van der Waals surface area contributed by atoms with E-state index in [4.69, 9.17) is 8.83 Å². The highest BCUT2D eigenvalue weighted by Crippen LogP contribution is 2.25. The molecule has 0 fully saturated rings. The fraction of sp³-hybridized carbons (Fsp3) is 0.217. The molecule has 0 aliphatic heterocycles. The number of ketones is 1. The molecule has 9 heteroatoms. The normalized spacial score (nSPS) is 11.1. The van der Waals surface area contributed by atoms with E-state index in [1.165, 1.54) is 13.3 Å². The van der Waals surface area contributed by atoms with Crippen LogP contribution < -0.4 is 5.32 Å². The summed E-state index contributed by atoms with van der Waals surface area (Å²) in [6.07, 6.45) is 2.96. The maximum Gasteiger partial charge on any atom is 0.279 e. The molecular weight excluding hydrogens is 410 g/mol. The van der Waals surface area contributed by atoms with Crippen LogP contribution in [0, 0.1) is 0 Å². The van der Waals surface area contributed by atoms with Crippen molar-refractivity contribution < 1.29 is 18.4 Å². The van der Waals surface area contributed by atoms with Gasteiger partial charge in [0.2, 0.25) is 0 Å². The lowest BCUT2D eigenvalue weighted by Gasteiger charge is -2.10. The molecule has 0 saturated heterocycles. The second-order valence-electron chi connectivity index (χ2n) is 7.64. The van der Waals surface area contributed by atoms with E-state index < -0.39 is 5.91 Å². The Morgan fingerprint density at radius 2 is 2.00 bits per heavy atom. The summed E-state index contributed by atoms with van der Waals surface area (Å²) in [6.45, 7) is 2.54. The molecule has 0 unspecified atom stereocenters. The first-order chi connectivity index (χ1) is 15.4. The minimum absolute atomic E-state index is 0.139. The Balaban J connectivity index is 1.47. The Bertz CT molecular complexity index is 1250. The highest BCUT2D eigenvalue weighted by molar-refractivity contribution is 6.05. The van der Waals surface area contributed by atoms with E-state index in [9.17, 15) is 9.59 Å². The summed E-state index contributed by atoms with van der Waals surface area (Å²) in [5.74, 6) is 1.09. The van der Waals surface area contributed by atoms with Crippen molar-refractivity contribution >= 4 is 17.5 Å². The van der Waals surface area contributed by atoms with Crippen LogP contribution in [0.2, 0.25) is 0 Å². The first kappa shape index (κ1) is 21.3. The second-order valence-corrected chi connectivity index (χ2v) is 7.64. The summed E-state index contributed by atoms with van der Waals surface area (Å²) < 4.78 is 12.6. The fourth-order valence-corrected chi connectivity index (χ4v) is 3.29. The number of carbonyl (C=O) groups excluding carboxylic acids is 2. The highest BCUT2D eigenvalue weighted by atomic mass is 16.4. The second kappa shape index (κ2) is 9.03. The molecule has 0 spiro atoms. The van der Waals surface area contributed by atoms with Gasteiger partial charge in [-0.25, -0.2) is 4.98 Å². The number of hydrogen-bond donors (Lipinski definition) is 1. The molecule has 0 bridgehead atoms. The molecule has 1 amide bonds. The van der Waals surface area contributed by atoms with Crippen LogP contribution in [-0.2, 0) is 13.1 Å². The molecule has 1 N–H and O–H groups in total. The van der Waals surface area contributed by atoms with Crippen molar-refractivity contribution in [1.82, 2.24) is 19.7 Å². The van der Waals surface area contributed by atoms with E-state index in [2.05, 4.69) is 20.3 Å². The van der Waals surface area contributed by atoms with Crippen LogP contribution in [0.4, 0.5) is 5.82 Å². The number of carbonyl (C=O) groups is 2. The van der Waals surface area contributed by atoms with Gasteiger partial charge in [0.1, 0.15) is 5.76 Å². The van der Waals surface area contributed by atoms with Gasteiger partial charge < -0.3 is 19.1 Å². The summed E-state index contributed by atoms with van der Waals surface area (Å²) in [5.41, 5.74) is 2.05. The molecule has 3 aromatic heterocycles. The lowest BCUT2D eigenvalue weighted by atomic mass is 10.1. The number of nitrogens with zero attached hydrogens (tertiary/aromatic N) is 4. The van der Waals surface area contributed by atoms with Gasteiger partial charge in [-0.15, -0.1) is 0 Å². The molecule has 32 heavy (non-hydrogen) atoms. The van der Waals surface area contributed by atoms with E-state index in [0.29, 0.717) is 29.6 Å². The van der Waals surface area contributed by atoms with Gasteiger partial charge in [0.15, 0.2) is 35.2 Å². The van der Waals surface area contributed by atoms with E-state index in [1.54, 1.807) is 29.1 Å². The Kier molecular flexibility index (Phi) is 6.00. The number of furan rings is 1. The lowest BCUT2D eigenvalue weighted by molar-refractivity contribution is 0.0983. The number of anilines is 1. The SMILES string of the molecule is CC(=O)c1ccc(Cn2ccc(NC(=O)c3ncoc3-c3cccc(CN(C)C)c3)n2)o1. The van der Waals surface area contributed by atoms with Crippen molar-refractivity contribution in [3.05, 3.63) is 77.8 Å². The molecule has 0 aliphatic rings. The molecule has 0 aliphatic carbocycles. The van der Waals surface area contributed by atoms with Crippen LogP contribution in [0.3, 0.4) is 0 Å². The van der Waals surface area contributed by atoms with E-state index in [1.807, 2.05) is 38.4 Å². The minimum Gasteiger partial charge on any atom is -0.456 e. The van der Waals surface area contributed by atoms with Crippen molar-refractivity contribution in [2.75, 3.05) is 19.4 Å². The molecule has 0 radical (unpaired) electrons. The Hall–Kier alpha value is -3.98. The maximum absolute atomic E-state index is 12.8. The quantitative estimate of drug-likeness (QED) is 0.422. The topological polar surface area (TPSA) is 106 Å². The summed E-state index contributed by atoms with van der Waals surface area (Å²) in [7, 11) is 3.99. The average Bonchev–Trinajstić information content (AvgIpc) is 3.49. The van der Waals surface area contributed by atoms with Gasteiger partial charge in [-0.3, -0.25) is 14.3 Å². The van der Waals surface area contributed by atoms with Gasteiger partial charge in [0.25, 0.3) is 5.91 Å². The number of nitrogens with one attached hydrogen (secondary N) is 1. The molecule has 4 aromatic rings. The number of benzene rings is 1. The first-order valence-corrected chi connectivity index (χ1v) is 10.0. The van der Waals surface area contributed by atoms with Gasteiger partial charge >= 0.3 is 0 Å². The molecule has 0 saturated carbocycles. The predicted octanol–water partition coefficient (Wildman–Crippen LogP) is 3.70. The number of amides is 1. The predicted molar refractivity (Wildman–Crippen MR) is 117 cm³/mol. The van der Waals surface area contributed by atoms with Crippen LogP contribution in [0.25, 0.3) is 11.3 Å². The smallest absolute Gasteiger partial charge is 0.279 e. The van der Waals surface area contributed by atoms with Gasteiger partial charge in [-0.1, -0.05) is 18.2 Å². The largest absolute Gasteiger partial charge is 0.456 e. The standard InChI is InChI=1S/C23H23N5O4/c1-15(29)19-8-7-18(32-19)13-28-10-9-20(26-28)25-23(30)21-22(31-14-24-21)17-6-4-5-16(11-17)12-27(2)3/h4-11,14H,12-13H2,1-3H3,(H,25,26,30). The number of rotatable bonds is 8. The Labute approximate surface area is 184 Å². The zero-order valence-electron chi connectivity index (χ0n) is 18.0. The van der Waals surface area contributed by atoms with Crippen LogP contribution >= 0.6 is 0 Å². The van der Waals surface area contributed by atoms with Gasteiger partial charge in [-0.2, -0.15) is 5.10 Å². The Morgan fingerprint density at radius 1 is 1.16 bits per heavy atom. The highest BCUT2D eigenvalue weighted by Gasteiger charge is 2.20. The molecule has 1 aromatic carbocycles. The number of Topliss-reactive ketones (excluding diaryl/α,β-unsaturated/α-hetero) is 1. The number of oxazole rings is 1. The van der Waals surface area contributed by atoms with Crippen LogP contribution in [0.15, 0.2) is 63.9 Å². The maximum atomic E-state index is 12.8. The number of hydrogen-bond acceptors (Lipinski definition) is 7. The molecule has 0 atom stereocenters. The summed E-state index contributed by atoms with van der Waals surface area (Å²) >= 11 is 0. The summed E-state index contributed by atoms with van der Waals surface area (Å²) in [5, 5.41) is 7.08. The van der Waals surface area contributed by atoms with Crippen molar-refractivity contribution in [3.8, 4) is 11.3 Å². The van der Waals surface area contributed by atoms with E-state index in [-0.39, 0.29) is 11.5 Å². The average molecular weight is 433 g/mol. The number of aromatic nitrogens is 3. The monoisotopic (exact) mass is 433 g/mol. The zero-order valence-corrected chi connectivity index (χ0v) is 18.0. The molecular formula is C23H23N5O4.